The number of rotatable bonds is 8. The van der Waals surface area contributed by atoms with Crippen molar-refractivity contribution in [3.63, 3.8) is 0 Å². The Morgan fingerprint density at radius 1 is 0.960 bits per heavy atom. The Balaban J connectivity index is 0.00000312. The van der Waals surface area contributed by atoms with Gasteiger partial charge in [-0.1, -0.05) is 48.5 Å². The van der Waals surface area contributed by atoms with Gasteiger partial charge < -0.3 is 15.5 Å². The number of para-hydroxylation sites is 1. The van der Waals surface area contributed by atoms with E-state index in [1.54, 1.807) is 0 Å². The summed E-state index contributed by atoms with van der Waals surface area (Å²) in [6.45, 7) is 2.23. The van der Waals surface area contributed by atoms with Gasteiger partial charge in [-0.2, -0.15) is 0 Å². The molecule has 0 bridgehead atoms. The minimum absolute atomic E-state index is 0. The van der Waals surface area contributed by atoms with Crippen LogP contribution in [0.5, 0.6) is 0 Å². The number of nitrogen functional groups attached to an aromatic ring is 1. The van der Waals surface area contributed by atoms with E-state index in [9.17, 15) is 4.79 Å². The lowest BCUT2D eigenvalue weighted by Gasteiger charge is -2.25. The van der Waals surface area contributed by atoms with Crippen molar-refractivity contribution in [3.8, 4) is 0 Å². The summed E-state index contributed by atoms with van der Waals surface area (Å²) in [5.74, 6) is 0.170. The van der Waals surface area contributed by atoms with Gasteiger partial charge in [0.05, 0.1) is 0 Å². The Hall–Kier alpha value is -2.04. The predicted molar refractivity (Wildman–Crippen MR) is 107 cm³/mol. The number of carbonyl (C=O) groups is 1. The van der Waals surface area contributed by atoms with Gasteiger partial charge in [0, 0.05) is 31.7 Å². The van der Waals surface area contributed by atoms with E-state index < -0.39 is 0 Å². The molecule has 136 valence electrons. The Labute approximate surface area is 157 Å². The molecule has 1 amide bonds. The van der Waals surface area contributed by atoms with Crippen LogP contribution < -0.4 is 5.73 Å². The van der Waals surface area contributed by atoms with Crippen molar-refractivity contribution >= 4 is 24.0 Å². The number of amides is 1. The molecule has 2 N–H and O–H groups in total. The molecule has 0 aromatic heterocycles. The fourth-order valence-corrected chi connectivity index (χ4v) is 2.58. The number of likely N-dealkylation sites (N-methyl/N-ethyl adjacent to an activating group) is 1. The zero-order valence-corrected chi connectivity index (χ0v) is 15.8. The van der Waals surface area contributed by atoms with Crippen molar-refractivity contribution in [3.05, 3.63) is 65.7 Å². The third kappa shape index (κ3) is 7.16. The minimum atomic E-state index is 0. The predicted octanol–water partition coefficient (Wildman–Crippen LogP) is 3.21. The Kier molecular flexibility index (Phi) is 9.03. The average molecular weight is 362 g/mol. The largest absolute Gasteiger partial charge is 0.399 e. The highest BCUT2D eigenvalue weighted by molar-refractivity contribution is 5.85. The number of halogens is 1. The number of anilines is 1. The van der Waals surface area contributed by atoms with Gasteiger partial charge in [0.25, 0.3) is 0 Å². The topological polar surface area (TPSA) is 49.6 Å². The van der Waals surface area contributed by atoms with E-state index in [1.807, 2.05) is 61.5 Å². The molecular weight excluding hydrogens is 334 g/mol. The van der Waals surface area contributed by atoms with Gasteiger partial charge in [0.1, 0.15) is 0 Å². The molecule has 0 radical (unpaired) electrons. The number of hydrogen-bond donors (Lipinski definition) is 1. The molecule has 0 saturated heterocycles. The van der Waals surface area contributed by atoms with E-state index in [-0.39, 0.29) is 18.3 Å². The zero-order chi connectivity index (χ0) is 17.4. The SMILES string of the molecule is CN(C)CCN(Cc1ccccc1)C(=O)CCc1ccccc1N.Cl. The van der Waals surface area contributed by atoms with Crippen molar-refractivity contribution < 1.29 is 4.79 Å². The van der Waals surface area contributed by atoms with Gasteiger partial charge in [0.2, 0.25) is 5.91 Å². The normalized spacial score (nSPS) is 10.4. The molecule has 25 heavy (non-hydrogen) atoms. The number of carbonyl (C=O) groups excluding carboxylic acids is 1. The highest BCUT2D eigenvalue weighted by atomic mass is 35.5. The maximum atomic E-state index is 12.7. The van der Waals surface area contributed by atoms with Gasteiger partial charge >= 0.3 is 0 Å². The summed E-state index contributed by atoms with van der Waals surface area (Å²) >= 11 is 0. The van der Waals surface area contributed by atoms with E-state index in [0.717, 1.165) is 29.9 Å². The molecular formula is C20H28ClN3O. The quantitative estimate of drug-likeness (QED) is 0.734. The number of nitrogens with zero attached hydrogens (tertiary/aromatic N) is 2. The monoisotopic (exact) mass is 361 g/mol. The third-order valence-electron chi connectivity index (χ3n) is 4.05. The molecule has 0 fully saturated rings. The lowest BCUT2D eigenvalue weighted by Crippen LogP contribution is -2.36. The lowest BCUT2D eigenvalue weighted by atomic mass is 10.1. The molecule has 0 heterocycles. The number of benzene rings is 2. The van der Waals surface area contributed by atoms with Gasteiger partial charge in [0.15, 0.2) is 0 Å². The molecule has 4 nitrogen and oxygen atoms in total. The second-order valence-electron chi connectivity index (χ2n) is 6.30. The Bertz CT molecular complexity index is 646. The van der Waals surface area contributed by atoms with Crippen LogP contribution >= 0.6 is 12.4 Å². The summed E-state index contributed by atoms with van der Waals surface area (Å²) < 4.78 is 0. The van der Waals surface area contributed by atoms with Crippen LogP contribution in [0.1, 0.15) is 17.5 Å². The standard InChI is InChI=1S/C20H27N3O.ClH/c1-22(2)14-15-23(16-17-8-4-3-5-9-17)20(24)13-12-18-10-6-7-11-19(18)21;/h3-11H,12-16,21H2,1-2H3;1H. The van der Waals surface area contributed by atoms with Crippen LogP contribution in [0.2, 0.25) is 0 Å². The summed E-state index contributed by atoms with van der Waals surface area (Å²) in [4.78, 5) is 16.7. The second kappa shape index (κ2) is 10.7. The minimum Gasteiger partial charge on any atom is -0.399 e. The summed E-state index contributed by atoms with van der Waals surface area (Å²) in [5.41, 5.74) is 8.93. The first kappa shape index (κ1) is 21.0. The van der Waals surface area contributed by atoms with E-state index in [2.05, 4.69) is 17.0 Å². The Morgan fingerprint density at radius 3 is 2.24 bits per heavy atom. The highest BCUT2D eigenvalue weighted by Crippen LogP contribution is 2.14. The highest BCUT2D eigenvalue weighted by Gasteiger charge is 2.14. The number of nitrogens with two attached hydrogens (primary N) is 1. The molecule has 0 saturated carbocycles. The smallest absolute Gasteiger partial charge is 0.223 e. The summed E-state index contributed by atoms with van der Waals surface area (Å²) in [7, 11) is 4.05. The lowest BCUT2D eigenvalue weighted by molar-refractivity contribution is -0.131. The van der Waals surface area contributed by atoms with Crippen molar-refractivity contribution in [2.24, 2.45) is 0 Å². The van der Waals surface area contributed by atoms with Crippen LogP contribution in [-0.4, -0.2) is 42.9 Å². The maximum Gasteiger partial charge on any atom is 0.223 e. The van der Waals surface area contributed by atoms with Gasteiger partial charge in [-0.3, -0.25) is 4.79 Å². The van der Waals surface area contributed by atoms with Crippen molar-refractivity contribution in [1.82, 2.24) is 9.80 Å². The van der Waals surface area contributed by atoms with Crippen LogP contribution in [0.15, 0.2) is 54.6 Å². The second-order valence-corrected chi connectivity index (χ2v) is 6.30. The fraction of sp³-hybridized carbons (Fsp3) is 0.350. The molecule has 0 spiro atoms. The number of hydrogen-bond acceptors (Lipinski definition) is 3. The maximum absolute atomic E-state index is 12.7. The first-order valence-electron chi connectivity index (χ1n) is 8.36. The summed E-state index contributed by atoms with van der Waals surface area (Å²) in [6.07, 6.45) is 1.16. The first-order chi connectivity index (χ1) is 11.6. The third-order valence-corrected chi connectivity index (χ3v) is 4.05. The van der Waals surface area contributed by atoms with E-state index in [1.165, 1.54) is 0 Å². The molecule has 0 unspecified atom stereocenters. The zero-order valence-electron chi connectivity index (χ0n) is 15.0. The van der Waals surface area contributed by atoms with Crippen LogP contribution in [-0.2, 0) is 17.8 Å². The van der Waals surface area contributed by atoms with Crippen molar-refractivity contribution in [2.75, 3.05) is 32.9 Å². The fourth-order valence-electron chi connectivity index (χ4n) is 2.58. The molecule has 0 aliphatic rings. The van der Waals surface area contributed by atoms with Crippen molar-refractivity contribution in [1.29, 1.82) is 0 Å². The van der Waals surface area contributed by atoms with Crippen LogP contribution in [0, 0.1) is 0 Å². The van der Waals surface area contributed by atoms with Gasteiger partial charge in [-0.25, -0.2) is 0 Å². The molecule has 5 heteroatoms. The van der Waals surface area contributed by atoms with E-state index in [4.69, 9.17) is 5.73 Å². The summed E-state index contributed by atoms with van der Waals surface area (Å²) in [5, 5.41) is 0. The molecule has 0 aliphatic heterocycles. The van der Waals surface area contributed by atoms with E-state index >= 15 is 0 Å². The average Bonchev–Trinajstić information content (AvgIpc) is 2.58. The molecule has 2 rings (SSSR count). The Morgan fingerprint density at radius 2 is 1.60 bits per heavy atom. The molecule has 0 aliphatic carbocycles. The summed E-state index contributed by atoms with van der Waals surface area (Å²) in [6, 6.07) is 17.9. The molecule has 2 aromatic carbocycles. The number of aryl methyl sites for hydroxylation is 1. The van der Waals surface area contributed by atoms with E-state index in [0.29, 0.717) is 19.4 Å². The molecule has 2 aromatic rings. The van der Waals surface area contributed by atoms with Crippen LogP contribution in [0.25, 0.3) is 0 Å². The first-order valence-corrected chi connectivity index (χ1v) is 8.36. The van der Waals surface area contributed by atoms with Gasteiger partial charge in [-0.15, -0.1) is 12.4 Å². The molecule has 0 atom stereocenters. The van der Waals surface area contributed by atoms with Crippen molar-refractivity contribution in [2.45, 2.75) is 19.4 Å². The van der Waals surface area contributed by atoms with Crippen LogP contribution in [0.3, 0.4) is 0 Å². The van der Waals surface area contributed by atoms with Gasteiger partial charge in [-0.05, 0) is 37.7 Å². The van der Waals surface area contributed by atoms with Crippen LogP contribution in [0.4, 0.5) is 5.69 Å².